The molecule has 0 bridgehead atoms. The molecule has 4 rings (SSSR count). The van der Waals surface area contributed by atoms with Gasteiger partial charge in [0.05, 0.1) is 0 Å². The van der Waals surface area contributed by atoms with Crippen LogP contribution in [-0.4, -0.2) is 53.1 Å². The topological polar surface area (TPSA) is 52.5 Å². The fraction of sp³-hybridized carbons (Fsp3) is 0.565. The molecular weight excluding hydrogens is 394 g/mol. The van der Waals surface area contributed by atoms with Gasteiger partial charge in [0.25, 0.3) is 0 Å². The van der Waals surface area contributed by atoms with Crippen molar-refractivity contribution in [1.29, 1.82) is 0 Å². The molecule has 0 radical (unpaired) electrons. The highest BCUT2D eigenvalue weighted by atomic mass is 32.2. The van der Waals surface area contributed by atoms with Crippen molar-refractivity contribution in [1.82, 2.24) is 15.3 Å². The molecule has 3 heterocycles. The number of nitrogens with one attached hydrogen (secondary N) is 1. The Kier molecular flexibility index (Phi) is 5.86. The second kappa shape index (κ2) is 8.27. The fourth-order valence-corrected chi connectivity index (χ4v) is 4.81. The van der Waals surface area contributed by atoms with Gasteiger partial charge in [-0.3, -0.25) is 4.99 Å². The number of amidine groups is 1. The molecule has 0 amide bonds. The molecule has 3 aliphatic rings. The number of aliphatic imine (C=N–C) groups is 1. The third-order valence-corrected chi connectivity index (χ3v) is 6.96. The van der Waals surface area contributed by atoms with Gasteiger partial charge in [-0.2, -0.15) is 9.46 Å². The second-order valence-electron chi connectivity index (χ2n) is 9.43. The SMILES string of the molecule is Cc1cc(CCN2CCC2)c(C)c(ON2CSN=C2C2(C(C)(C)C)C=NC=CN2)c1. The van der Waals surface area contributed by atoms with Crippen molar-refractivity contribution in [2.24, 2.45) is 14.8 Å². The van der Waals surface area contributed by atoms with Gasteiger partial charge in [-0.1, -0.05) is 26.8 Å². The van der Waals surface area contributed by atoms with Crippen LogP contribution in [-0.2, 0) is 6.42 Å². The summed E-state index contributed by atoms with van der Waals surface area (Å²) in [5.41, 5.74) is 3.14. The van der Waals surface area contributed by atoms with Crippen LogP contribution >= 0.6 is 11.9 Å². The molecule has 0 spiro atoms. The summed E-state index contributed by atoms with van der Waals surface area (Å²) in [6.45, 7) is 14.5. The van der Waals surface area contributed by atoms with E-state index < -0.39 is 5.54 Å². The maximum Gasteiger partial charge on any atom is 0.180 e. The quantitative estimate of drug-likeness (QED) is 0.693. The number of aryl methyl sites for hydroxylation is 1. The number of hydrogen-bond acceptors (Lipinski definition) is 7. The lowest BCUT2D eigenvalue weighted by Crippen LogP contribution is -2.65. The monoisotopic (exact) mass is 427 g/mol. The van der Waals surface area contributed by atoms with E-state index in [4.69, 9.17) is 9.24 Å². The standard InChI is InChI=1S/C23H33N5OS/c1-17-13-19(7-12-27-10-6-11-27)18(2)20(14-17)29-28-16-30-26-21(28)23(22(3,4)5)15-24-8-9-25-23/h8-9,13-15,25H,6-7,10-12,16H2,1-5H3. The average molecular weight is 428 g/mol. The Balaban J connectivity index is 1.58. The molecule has 1 atom stereocenters. The molecule has 1 aromatic rings. The first-order chi connectivity index (χ1) is 14.3. The van der Waals surface area contributed by atoms with E-state index in [0.717, 1.165) is 24.6 Å². The van der Waals surface area contributed by atoms with Crippen LogP contribution < -0.4 is 10.2 Å². The number of rotatable bonds is 6. The van der Waals surface area contributed by atoms with Crippen LogP contribution in [0, 0.1) is 19.3 Å². The fourth-order valence-electron chi connectivity index (χ4n) is 4.11. The number of likely N-dealkylation sites (tertiary alicyclic amines) is 1. The molecule has 1 aromatic carbocycles. The Morgan fingerprint density at radius 2 is 2.03 bits per heavy atom. The predicted octanol–water partition coefficient (Wildman–Crippen LogP) is 4.10. The molecule has 162 valence electrons. The molecule has 0 aliphatic carbocycles. The zero-order valence-corrected chi connectivity index (χ0v) is 19.6. The van der Waals surface area contributed by atoms with E-state index in [2.05, 4.69) is 62.0 Å². The Morgan fingerprint density at radius 3 is 2.67 bits per heavy atom. The molecule has 1 unspecified atom stereocenters. The van der Waals surface area contributed by atoms with E-state index in [1.54, 1.807) is 6.20 Å². The number of nitrogens with zero attached hydrogens (tertiary/aromatic N) is 4. The first-order valence-corrected chi connectivity index (χ1v) is 11.7. The Hall–Kier alpha value is -1.99. The molecule has 30 heavy (non-hydrogen) atoms. The number of benzene rings is 1. The van der Waals surface area contributed by atoms with Gasteiger partial charge in [0.15, 0.2) is 11.6 Å². The lowest BCUT2D eigenvalue weighted by Gasteiger charge is -2.44. The van der Waals surface area contributed by atoms with Gasteiger partial charge in [0, 0.05) is 37.1 Å². The molecule has 1 fully saturated rings. The van der Waals surface area contributed by atoms with Crippen molar-refractivity contribution >= 4 is 24.0 Å². The molecule has 7 heteroatoms. The van der Waals surface area contributed by atoms with Gasteiger partial charge in [-0.15, -0.1) is 0 Å². The normalized spacial score (nSPS) is 23.9. The highest BCUT2D eigenvalue weighted by Gasteiger charge is 2.50. The lowest BCUT2D eigenvalue weighted by atomic mass is 9.73. The lowest BCUT2D eigenvalue weighted by molar-refractivity contribution is 0.0311. The molecular formula is C23H33N5OS. The third kappa shape index (κ3) is 3.97. The van der Waals surface area contributed by atoms with E-state index in [1.807, 2.05) is 17.5 Å². The van der Waals surface area contributed by atoms with Crippen LogP contribution in [0.2, 0.25) is 0 Å². The molecule has 0 aromatic heterocycles. The summed E-state index contributed by atoms with van der Waals surface area (Å²) in [7, 11) is 0. The highest BCUT2D eigenvalue weighted by Crippen LogP contribution is 2.37. The summed E-state index contributed by atoms with van der Waals surface area (Å²) in [4.78, 5) is 13.5. The van der Waals surface area contributed by atoms with Crippen LogP contribution in [0.5, 0.6) is 5.75 Å². The zero-order chi connectivity index (χ0) is 21.4. The zero-order valence-electron chi connectivity index (χ0n) is 18.7. The van der Waals surface area contributed by atoms with Crippen molar-refractivity contribution in [3.05, 3.63) is 41.2 Å². The largest absolute Gasteiger partial charge is 0.377 e. The van der Waals surface area contributed by atoms with Gasteiger partial charge in [-0.25, -0.2) is 0 Å². The second-order valence-corrected chi connectivity index (χ2v) is 10.1. The van der Waals surface area contributed by atoms with Gasteiger partial charge >= 0.3 is 0 Å². The minimum absolute atomic E-state index is 0.142. The molecule has 3 aliphatic heterocycles. The summed E-state index contributed by atoms with van der Waals surface area (Å²) in [5, 5.41) is 5.44. The Morgan fingerprint density at radius 1 is 1.23 bits per heavy atom. The third-order valence-electron chi connectivity index (χ3n) is 6.30. The van der Waals surface area contributed by atoms with Crippen LogP contribution in [0.25, 0.3) is 0 Å². The summed E-state index contributed by atoms with van der Waals surface area (Å²) in [6.07, 6.45) is 8.01. The maximum atomic E-state index is 6.50. The van der Waals surface area contributed by atoms with Crippen molar-refractivity contribution < 1.29 is 4.84 Å². The molecule has 6 nitrogen and oxygen atoms in total. The minimum atomic E-state index is -0.524. The highest BCUT2D eigenvalue weighted by molar-refractivity contribution is 7.98. The first-order valence-electron chi connectivity index (χ1n) is 10.8. The Bertz CT molecular complexity index is 884. The van der Waals surface area contributed by atoms with Gasteiger partial charge in [0.2, 0.25) is 0 Å². The van der Waals surface area contributed by atoms with Gasteiger partial charge in [0.1, 0.15) is 11.4 Å². The van der Waals surface area contributed by atoms with Gasteiger partial charge < -0.3 is 15.1 Å². The first kappa shape index (κ1) is 21.2. The number of hydrogen-bond donors (Lipinski definition) is 1. The predicted molar refractivity (Wildman–Crippen MR) is 126 cm³/mol. The van der Waals surface area contributed by atoms with E-state index in [-0.39, 0.29) is 5.41 Å². The summed E-state index contributed by atoms with van der Waals surface area (Å²) >= 11 is 1.51. The van der Waals surface area contributed by atoms with Gasteiger partial charge in [-0.05, 0) is 68.0 Å². The number of hydroxylamine groups is 2. The van der Waals surface area contributed by atoms with Crippen molar-refractivity contribution in [3.63, 3.8) is 0 Å². The van der Waals surface area contributed by atoms with Crippen molar-refractivity contribution in [2.45, 2.75) is 53.0 Å². The summed E-state index contributed by atoms with van der Waals surface area (Å²) in [5.74, 6) is 2.43. The summed E-state index contributed by atoms with van der Waals surface area (Å²) < 4.78 is 4.77. The van der Waals surface area contributed by atoms with Crippen LogP contribution in [0.4, 0.5) is 0 Å². The smallest absolute Gasteiger partial charge is 0.180 e. The van der Waals surface area contributed by atoms with E-state index in [0.29, 0.717) is 5.88 Å². The van der Waals surface area contributed by atoms with Crippen LogP contribution in [0.15, 0.2) is 33.9 Å². The van der Waals surface area contributed by atoms with Crippen molar-refractivity contribution in [2.75, 3.05) is 25.5 Å². The Labute approximate surface area is 184 Å². The van der Waals surface area contributed by atoms with Crippen LogP contribution in [0.1, 0.15) is 43.9 Å². The van der Waals surface area contributed by atoms with E-state index >= 15 is 0 Å². The molecule has 0 saturated carbocycles. The minimum Gasteiger partial charge on any atom is -0.377 e. The average Bonchev–Trinajstić information content (AvgIpc) is 3.12. The maximum absolute atomic E-state index is 6.50. The van der Waals surface area contributed by atoms with E-state index in [1.165, 1.54) is 48.1 Å². The van der Waals surface area contributed by atoms with Crippen LogP contribution in [0.3, 0.4) is 0 Å². The molecule has 1 saturated heterocycles. The van der Waals surface area contributed by atoms with E-state index in [9.17, 15) is 0 Å². The molecule has 1 N–H and O–H groups in total. The summed E-state index contributed by atoms with van der Waals surface area (Å²) in [6, 6.07) is 4.43. The van der Waals surface area contributed by atoms with Crippen molar-refractivity contribution in [3.8, 4) is 5.75 Å².